The van der Waals surface area contributed by atoms with Crippen LogP contribution in [0.15, 0.2) is 35.5 Å². The molecular formula is C33H60O3Si2. The summed E-state index contributed by atoms with van der Waals surface area (Å²) in [6, 6.07) is 0. The van der Waals surface area contributed by atoms with Crippen LogP contribution in [0.1, 0.15) is 100 Å². The largest absolute Gasteiger partial charge is 0.413 e. The first kappa shape index (κ1) is 32.1. The van der Waals surface area contributed by atoms with E-state index in [1.54, 1.807) is 5.57 Å². The highest BCUT2D eigenvalue weighted by atomic mass is 28.4. The molecule has 5 heteroatoms. The number of rotatable bonds is 6. The Labute approximate surface area is 237 Å². The van der Waals surface area contributed by atoms with Gasteiger partial charge in [-0.15, -0.1) is 0 Å². The maximum Gasteiger partial charge on any atom is 0.192 e. The summed E-state index contributed by atoms with van der Waals surface area (Å²) >= 11 is 0. The van der Waals surface area contributed by atoms with E-state index >= 15 is 0 Å². The summed E-state index contributed by atoms with van der Waals surface area (Å²) in [5.74, 6) is 1.00. The van der Waals surface area contributed by atoms with Crippen molar-refractivity contribution in [2.45, 2.75) is 155 Å². The number of hydrogen-bond donors (Lipinski definition) is 1. The topological polar surface area (TPSA) is 38.7 Å². The highest BCUT2D eigenvalue weighted by molar-refractivity contribution is 6.74. The van der Waals surface area contributed by atoms with Gasteiger partial charge in [0.25, 0.3) is 0 Å². The summed E-state index contributed by atoms with van der Waals surface area (Å²) < 4.78 is 14.0. The van der Waals surface area contributed by atoms with Crippen LogP contribution >= 0.6 is 0 Å². The van der Waals surface area contributed by atoms with E-state index in [1.165, 1.54) is 31.3 Å². The molecule has 0 aromatic carbocycles. The van der Waals surface area contributed by atoms with Gasteiger partial charge in [0.1, 0.15) is 0 Å². The van der Waals surface area contributed by atoms with Crippen LogP contribution in [0.2, 0.25) is 36.3 Å². The van der Waals surface area contributed by atoms with Crippen molar-refractivity contribution in [3.05, 3.63) is 35.5 Å². The molecule has 1 unspecified atom stereocenters. The third-order valence-corrected chi connectivity index (χ3v) is 20.4. The van der Waals surface area contributed by atoms with E-state index in [2.05, 4.69) is 93.4 Å². The first-order chi connectivity index (χ1) is 17.2. The molecule has 218 valence electrons. The van der Waals surface area contributed by atoms with Gasteiger partial charge in [0.15, 0.2) is 16.6 Å². The Kier molecular flexibility index (Phi) is 9.34. The van der Waals surface area contributed by atoms with Crippen molar-refractivity contribution in [2.75, 3.05) is 0 Å². The monoisotopic (exact) mass is 560 g/mol. The van der Waals surface area contributed by atoms with Gasteiger partial charge in [0.05, 0.1) is 18.3 Å². The minimum Gasteiger partial charge on any atom is -0.413 e. The maximum atomic E-state index is 10.5. The van der Waals surface area contributed by atoms with Gasteiger partial charge in [-0.05, 0) is 110 Å². The lowest BCUT2D eigenvalue weighted by Gasteiger charge is -2.45. The molecular weight excluding hydrogens is 501 g/mol. The molecule has 0 spiro atoms. The third kappa shape index (κ3) is 6.53. The molecule has 3 nitrogen and oxygen atoms in total. The van der Waals surface area contributed by atoms with E-state index in [1.807, 2.05) is 6.92 Å². The summed E-state index contributed by atoms with van der Waals surface area (Å²) in [7, 11) is -3.87. The lowest BCUT2D eigenvalue weighted by atomic mass is 9.62. The zero-order valence-corrected chi connectivity index (χ0v) is 29.0. The van der Waals surface area contributed by atoms with Crippen LogP contribution in [0.25, 0.3) is 0 Å². The smallest absolute Gasteiger partial charge is 0.192 e. The predicted molar refractivity (Wildman–Crippen MR) is 169 cm³/mol. The Morgan fingerprint density at radius 2 is 1.55 bits per heavy atom. The summed E-state index contributed by atoms with van der Waals surface area (Å²) in [6.45, 7) is 32.4. The van der Waals surface area contributed by atoms with E-state index in [4.69, 9.17) is 8.85 Å². The zero-order chi connectivity index (χ0) is 28.9. The van der Waals surface area contributed by atoms with Gasteiger partial charge in [0.2, 0.25) is 0 Å². The van der Waals surface area contributed by atoms with Crippen molar-refractivity contribution in [1.29, 1.82) is 0 Å². The minimum atomic E-state index is -1.96. The van der Waals surface area contributed by atoms with Crippen molar-refractivity contribution in [1.82, 2.24) is 0 Å². The molecule has 0 radical (unpaired) electrons. The first-order valence-electron chi connectivity index (χ1n) is 15.3. The Morgan fingerprint density at radius 1 is 0.974 bits per heavy atom. The van der Waals surface area contributed by atoms with Gasteiger partial charge in [-0.25, -0.2) is 0 Å². The average Bonchev–Trinajstić information content (AvgIpc) is 3.10. The van der Waals surface area contributed by atoms with Crippen LogP contribution in [0.3, 0.4) is 0 Å². The van der Waals surface area contributed by atoms with E-state index in [-0.39, 0.29) is 33.8 Å². The van der Waals surface area contributed by atoms with E-state index < -0.39 is 16.6 Å². The van der Waals surface area contributed by atoms with Gasteiger partial charge >= 0.3 is 0 Å². The van der Waals surface area contributed by atoms with Crippen molar-refractivity contribution >= 4 is 16.6 Å². The molecule has 3 rings (SSSR count). The third-order valence-electron chi connectivity index (χ3n) is 11.4. The molecule has 3 aliphatic rings. The molecule has 0 amide bonds. The highest BCUT2D eigenvalue weighted by Crippen LogP contribution is 2.58. The second kappa shape index (κ2) is 11.1. The van der Waals surface area contributed by atoms with E-state index in [9.17, 15) is 5.11 Å². The molecule has 3 saturated carbocycles. The summed E-state index contributed by atoms with van der Waals surface area (Å²) in [4.78, 5) is 0. The molecule has 3 fully saturated rings. The number of hydrogen-bond acceptors (Lipinski definition) is 3. The van der Waals surface area contributed by atoms with Crippen LogP contribution in [0, 0.1) is 17.3 Å². The van der Waals surface area contributed by atoms with Gasteiger partial charge in [-0.3, -0.25) is 0 Å². The quantitative estimate of drug-likeness (QED) is 0.329. The number of aliphatic hydroxyl groups excluding tert-OH is 1. The van der Waals surface area contributed by atoms with Crippen LogP contribution in [0.5, 0.6) is 0 Å². The van der Waals surface area contributed by atoms with Crippen LogP contribution in [-0.4, -0.2) is 40.1 Å². The Morgan fingerprint density at radius 3 is 2.11 bits per heavy atom. The number of aliphatic hydroxyl groups is 1. The Hall–Kier alpha value is -0.466. The molecule has 0 aromatic heterocycles. The normalized spacial score (nSPS) is 34.6. The fraction of sp³-hybridized carbons (Fsp3) is 0.818. The van der Waals surface area contributed by atoms with Gasteiger partial charge < -0.3 is 14.0 Å². The fourth-order valence-electron chi connectivity index (χ4n) is 6.84. The molecule has 0 bridgehead atoms. The second-order valence-corrected chi connectivity index (χ2v) is 25.6. The summed E-state index contributed by atoms with van der Waals surface area (Å²) in [5, 5.41) is 10.8. The number of allylic oxidation sites excluding steroid dienone is 3. The molecule has 1 N–H and O–H groups in total. The molecule has 0 aromatic rings. The van der Waals surface area contributed by atoms with Crippen molar-refractivity contribution in [2.24, 2.45) is 17.3 Å². The highest BCUT2D eigenvalue weighted by Gasteiger charge is 2.50. The van der Waals surface area contributed by atoms with Gasteiger partial charge in [0, 0.05) is 6.42 Å². The lowest BCUT2D eigenvalue weighted by molar-refractivity contribution is 0.0302. The molecule has 0 aliphatic heterocycles. The fourth-order valence-corrected chi connectivity index (χ4v) is 9.51. The number of fused-ring (bicyclic) bond motifs is 1. The van der Waals surface area contributed by atoms with Crippen LogP contribution < -0.4 is 0 Å². The van der Waals surface area contributed by atoms with Crippen LogP contribution in [-0.2, 0) is 8.85 Å². The lowest BCUT2D eigenvalue weighted by Crippen LogP contribution is -2.49. The first-order valence-corrected chi connectivity index (χ1v) is 21.1. The zero-order valence-electron chi connectivity index (χ0n) is 27.0. The van der Waals surface area contributed by atoms with Gasteiger partial charge in [-0.2, -0.15) is 0 Å². The summed E-state index contributed by atoms with van der Waals surface area (Å²) in [5.41, 5.74) is 4.28. The molecule has 3 aliphatic carbocycles. The molecule has 0 saturated heterocycles. The maximum absolute atomic E-state index is 10.5. The summed E-state index contributed by atoms with van der Waals surface area (Å²) in [6.07, 6.45) is 12.6. The van der Waals surface area contributed by atoms with E-state index in [0.717, 1.165) is 24.8 Å². The van der Waals surface area contributed by atoms with Crippen molar-refractivity contribution in [3.63, 3.8) is 0 Å². The predicted octanol–water partition coefficient (Wildman–Crippen LogP) is 9.57. The van der Waals surface area contributed by atoms with Crippen molar-refractivity contribution in [3.8, 4) is 0 Å². The average molecular weight is 561 g/mol. The second-order valence-electron chi connectivity index (χ2n) is 16.1. The standard InChI is InChI=1S/C33H60O3Si2/c1-23-26(17-16-25-15-14-20-33(9)28(24(2)34)18-19-29(25)33)21-27(35-37(10,11)31(3,4)5)22-30(23)36-38(12,13)32(6,7)8/h16-17,24,27-30,34H,1,14-15,18-22H2,2-13H3/b25-16+,26-17-/t24-,27+,28+,29?,30-,33+/m0/s1. The van der Waals surface area contributed by atoms with Crippen LogP contribution in [0.4, 0.5) is 0 Å². The Balaban J connectivity index is 1.93. The molecule has 38 heavy (non-hydrogen) atoms. The van der Waals surface area contributed by atoms with Crippen molar-refractivity contribution < 1.29 is 14.0 Å². The minimum absolute atomic E-state index is 0.0202. The van der Waals surface area contributed by atoms with E-state index in [0.29, 0.717) is 11.8 Å². The molecule has 6 atom stereocenters. The Bertz CT molecular complexity index is 931. The molecule has 0 heterocycles. The van der Waals surface area contributed by atoms with Gasteiger partial charge in [-0.1, -0.05) is 72.8 Å². The SMILES string of the molecule is C=C1/C(=C\C=C2/CCC[C@@]3(C)C2CC[C@@H]3[C@H](C)O)C[C@@H](O[Si](C)(C)C(C)(C)C)C[C@@H]1O[Si](C)(C)C(C)(C)C.